The maximum absolute atomic E-state index is 9.40. The van der Waals surface area contributed by atoms with E-state index in [0.29, 0.717) is 23.4 Å². The summed E-state index contributed by atoms with van der Waals surface area (Å²) in [5.41, 5.74) is 9.96. The van der Waals surface area contributed by atoms with Gasteiger partial charge in [0.25, 0.3) is 0 Å². The largest absolute Gasteiger partial charge is 0.385 e. The van der Waals surface area contributed by atoms with Crippen molar-refractivity contribution in [1.82, 2.24) is 0 Å². The number of aromatic nitrogens is 1. The van der Waals surface area contributed by atoms with Gasteiger partial charge >= 0.3 is 0 Å². The Morgan fingerprint density at radius 3 is 2.46 bits per heavy atom. The minimum atomic E-state index is 0.308. The number of fused-ring (bicyclic) bond motifs is 7. The molecule has 0 aliphatic carbocycles. The van der Waals surface area contributed by atoms with Crippen molar-refractivity contribution < 1.29 is 9.30 Å². The monoisotopic (exact) mass is 531 g/mol. The second-order valence-electron chi connectivity index (χ2n) is 11.3. The van der Waals surface area contributed by atoms with E-state index in [1.165, 1.54) is 59.2 Å². The Bertz CT molecular complexity index is 1790. The van der Waals surface area contributed by atoms with Crippen LogP contribution < -0.4 is 4.57 Å². The van der Waals surface area contributed by atoms with Gasteiger partial charge in [-0.25, -0.2) is 0 Å². The molecule has 1 aliphatic rings. The molecule has 0 saturated carbocycles. The van der Waals surface area contributed by atoms with Gasteiger partial charge in [0.15, 0.2) is 12.2 Å². The van der Waals surface area contributed by atoms with Gasteiger partial charge in [-0.15, -0.1) is 11.3 Å². The number of aryl methyl sites for hydroxylation is 2. The molecule has 0 fully saturated rings. The summed E-state index contributed by atoms with van der Waals surface area (Å²) in [5.74, 6) is 0.786. The Morgan fingerprint density at radius 1 is 1.00 bits per heavy atom. The zero-order chi connectivity index (χ0) is 27.4. The molecule has 39 heavy (non-hydrogen) atoms. The summed E-state index contributed by atoms with van der Waals surface area (Å²) >= 11 is 1.90. The lowest BCUT2D eigenvalue weighted by molar-refractivity contribution is -0.713. The smallest absolute Gasteiger partial charge is 0.231 e. The standard InChI is InChI=1S/C35H35N2OS/c1-20(2)30-18-31-32(29-10-8-7-9-28(29)30)27(14-16-38-6)23(5)37-15-13-26-22(4)34(39-35(26)33(31)37)25-12-11-24(19-36)17-21(25)3/h7-13,15,17-18,20,23,27H,14,16H2,1-6H3/q+1. The van der Waals surface area contributed by atoms with Gasteiger partial charge in [0.1, 0.15) is 4.70 Å². The molecule has 2 atom stereocenters. The lowest BCUT2D eigenvalue weighted by Gasteiger charge is -2.31. The molecule has 2 unspecified atom stereocenters. The van der Waals surface area contributed by atoms with Crippen molar-refractivity contribution in [3.63, 3.8) is 0 Å². The fourth-order valence-electron chi connectivity index (χ4n) is 6.66. The maximum Gasteiger partial charge on any atom is 0.231 e. The highest BCUT2D eigenvalue weighted by molar-refractivity contribution is 7.23. The topological polar surface area (TPSA) is 36.9 Å². The van der Waals surface area contributed by atoms with Crippen molar-refractivity contribution in [3.05, 3.63) is 88.6 Å². The molecule has 5 aromatic rings. The number of benzene rings is 3. The molecule has 3 heterocycles. The molecule has 0 amide bonds. The van der Waals surface area contributed by atoms with E-state index in [1.54, 1.807) is 7.11 Å². The Balaban J connectivity index is 1.69. The van der Waals surface area contributed by atoms with Gasteiger partial charge < -0.3 is 4.74 Å². The van der Waals surface area contributed by atoms with Crippen LogP contribution in [-0.2, 0) is 4.74 Å². The number of nitriles is 1. The summed E-state index contributed by atoms with van der Waals surface area (Å²) in [6.45, 7) is 12.1. The van der Waals surface area contributed by atoms with E-state index in [9.17, 15) is 5.26 Å². The summed E-state index contributed by atoms with van der Waals surface area (Å²) in [6, 6.07) is 22.4. The summed E-state index contributed by atoms with van der Waals surface area (Å²) in [7, 11) is 1.81. The van der Waals surface area contributed by atoms with Crippen LogP contribution in [0.5, 0.6) is 0 Å². The van der Waals surface area contributed by atoms with Gasteiger partial charge in [-0.05, 0) is 89.9 Å². The molecule has 0 saturated heterocycles. The molecule has 1 aliphatic heterocycles. The van der Waals surface area contributed by atoms with Crippen molar-refractivity contribution in [2.75, 3.05) is 13.7 Å². The molecule has 196 valence electrons. The van der Waals surface area contributed by atoms with Crippen LogP contribution in [0.4, 0.5) is 0 Å². The van der Waals surface area contributed by atoms with Crippen molar-refractivity contribution in [2.24, 2.45) is 0 Å². The first-order valence-corrected chi connectivity index (χ1v) is 14.7. The third-order valence-electron chi connectivity index (χ3n) is 8.69. The van der Waals surface area contributed by atoms with Gasteiger partial charge in [-0.3, -0.25) is 0 Å². The number of methoxy groups -OCH3 is 1. The summed E-state index contributed by atoms with van der Waals surface area (Å²) in [5, 5.41) is 13.5. The highest BCUT2D eigenvalue weighted by Crippen LogP contribution is 2.50. The Hall–Kier alpha value is -3.52. The number of pyridine rings is 1. The van der Waals surface area contributed by atoms with Crippen LogP contribution in [0, 0.1) is 25.2 Å². The summed E-state index contributed by atoms with van der Waals surface area (Å²) in [6.07, 6.45) is 3.30. The van der Waals surface area contributed by atoms with Gasteiger partial charge in [-0.1, -0.05) is 44.2 Å². The fourth-order valence-corrected chi connectivity index (χ4v) is 8.11. The van der Waals surface area contributed by atoms with Crippen molar-refractivity contribution >= 4 is 32.2 Å². The second kappa shape index (κ2) is 9.90. The van der Waals surface area contributed by atoms with Crippen molar-refractivity contribution in [3.8, 4) is 27.8 Å². The van der Waals surface area contributed by atoms with E-state index in [0.717, 1.165) is 18.6 Å². The predicted molar refractivity (Wildman–Crippen MR) is 163 cm³/mol. The van der Waals surface area contributed by atoms with E-state index >= 15 is 0 Å². The first-order valence-electron chi connectivity index (χ1n) is 13.9. The summed E-state index contributed by atoms with van der Waals surface area (Å²) in [4.78, 5) is 1.29. The highest BCUT2D eigenvalue weighted by atomic mass is 32.1. The fraction of sp³-hybridized carbons (Fsp3) is 0.314. The van der Waals surface area contributed by atoms with Crippen LogP contribution >= 0.6 is 11.3 Å². The molecular weight excluding hydrogens is 496 g/mol. The molecule has 2 aromatic heterocycles. The average Bonchev–Trinajstić information content (AvgIpc) is 3.28. The second-order valence-corrected chi connectivity index (χ2v) is 12.3. The van der Waals surface area contributed by atoms with E-state index in [4.69, 9.17) is 4.74 Å². The van der Waals surface area contributed by atoms with Crippen molar-refractivity contribution in [1.29, 1.82) is 5.26 Å². The Labute approximate surface area is 235 Å². The predicted octanol–water partition coefficient (Wildman–Crippen LogP) is 8.98. The lowest BCUT2D eigenvalue weighted by atomic mass is 9.77. The van der Waals surface area contributed by atoms with Gasteiger partial charge in [0.2, 0.25) is 5.69 Å². The maximum atomic E-state index is 9.40. The molecule has 6 rings (SSSR count). The molecule has 0 radical (unpaired) electrons. The van der Waals surface area contributed by atoms with E-state index in [-0.39, 0.29) is 0 Å². The molecular formula is C35H35N2OS+. The van der Waals surface area contributed by atoms with Gasteiger partial charge in [0, 0.05) is 36.0 Å². The van der Waals surface area contributed by atoms with E-state index in [2.05, 4.69) is 93.9 Å². The number of thiophene rings is 1. The van der Waals surface area contributed by atoms with Crippen LogP contribution in [0.3, 0.4) is 0 Å². The number of hydrogen-bond donors (Lipinski definition) is 0. The van der Waals surface area contributed by atoms with Crippen LogP contribution in [-0.4, -0.2) is 13.7 Å². The minimum Gasteiger partial charge on any atom is -0.385 e. The van der Waals surface area contributed by atoms with Gasteiger partial charge in [0.05, 0.1) is 17.2 Å². The Morgan fingerprint density at radius 2 is 1.77 bits per heavy atom. The van der Waals surface area contributed by atoms with E-state index in [1.807, 2.05) is 23.5 Å². The Kier molecular flexibility index (Phi) is 6.53. The summed E-state index contributed by atoms with van der Waals surface area (Å²) < 4.78 is 9.48. The zero-order valence-corrected chi connectivity index (χ0v) is 24.4. The normalized spacial score (nSPS) is 16.5. The van der Waals surface area contributed by atoms with Gasteiger partial charge in [-0.2, -0.15) is 9.83 Å². The quantitative estimate of drug-likeness (QED) is 0.212. The van der Waals surface area contributed by atoms with Crippen LogP contribution in [0.2, 0.25) is 0 Å². The SMILES string of the molecule is COCCC1c2c(cc(C(C)C)c3ccccc23)-c2c3sc(-c4ccc(C#N)cc4C)c(C)c3cc[n+]2C1C. The average molecular weight is 532 g/mol. The molecule has 0 bridgehead atoms. The number of nitrogens with zero attached hydrogens (tertiary/aromatic N) is 2. The highest BCUT2D eigenvalue weighted by Gasteiger charge is 2.40. The van der Waals surface area contributed by atoms with Crippen LogP contribution in [0.25, 0.3) is 42.6 Å². The lowest BCUT2D eigenvalue weighted by Crippen LogP contribution is -2.46. The minimum absolute atomic E-state index is 0.308. The van der Waals surface area contributed by atoms with Crippen LogP contribution in [0.1, 0.15) is 72.9 Å². The van der Waals surface area contributed by atoms with Crippen molar-refractivity contribution in [2.45, 2.75) is 58.9 Å². The van der Waals surface area contributed by atoms with E-state index < -0.39 is 0 Å². The first kappa shape index (κ1) is 25.7. The number of ether oxygens (including phenoxy) is 1. The number of hydrogen-bond acceptors (Lipinski definition) is 3. The molecule has 4 heteroatoms. The third kappa shape index (κ3) is 3.99. The molecule has 3 aromatic carbocycles. The molecule has 0 N–H and O–H groups in total. The third-order valence-corrected chi connectivity index (χ3v) is 10.0. The zero-order valence-electron chi connectivity index (χ0n) is 23.6. The molecule has 3 nitrogen and oxygen atoms in total. The first-order chi connectivity index (χ1) is 18.8. The number of rotatable bonds is 5. The molecule has 0 spiro atoms. The van der Waals surface area contributed by atoms with Crippen LogP contribution in [0.15, 0.2) is 60.8 Å².